The molecule has 1 saturated heterocycles. The summed E-state index contributed by atoms with van der Waals surface area (Å²) in [6.45, 7) is 3.27. The minimum atomic E-state index is -1.74. The van der Waals surface area contributed by atoms with Crippen LogP contribution in [0.5, 0.6) is 11.5 Å². The van der Waals surface area contributed by atoms with Crippen molar-refractivity contribution in [1.82, 2.24) is 15.0 Å². The zero-order chi connectivity index (χ0) is 43.5. The summed E-state index contributed by atoms with van der Waals surface area (Å²) in [7, 11) is 1.47. The first-order chi connectivity index (χ1) is 29.2. The maximum Gasteiger partial charge on any atom is 0.322 e. The number of aliphatic hydroxyl groups excluding tert-OH is 2. The van der Waals surface area contributed by atoms with Gasteiger partial charge in [-0.2, -0.15) is 4.73 Å². The SMILES string of the molecule is CNC(CCN=C(N)N)C(C(=O)O)C(=O)OCC1OC(Oc2ccc3c(=O)c(-c4ccc(O)cc4)coc3c2)C(On2cc3cc[nH]c3c2-c2cc(C)cc(C)c2)C(O)C1O. The Kier molecular flexibility index (Phi) is 12.3. The Labute approximate surface area is 347 Å². The van der Waals surface area contributed by atoms with Gasteiger partial charge in [0.1, 0.15) is 54.0 Å². The smallest absolute Gasteiger partial charge is 0.322 e. The number of H-pyrrole nitrogens is 1. The lowest BCUT2D eigenvalue weighted by molar-refractivity contribution is -0.288. The molecule has 0 amide bonds. The van der Waals surface area contributed by atoms with E-state index in [0.717, 1.165) is 27.6 Å². The van der Waals surface area contributed by atoms with Gasteiger partial charge < -0.3 is 65.7 Å². The predicted molar refractivity (Wildman–Crippen MR) is 223 cm³/mol. The molecular formula is C43H46N6O12. The van der Waals surface area contributed by atoms with Crippen LogP contribution in [0.2, 0.25) is 0 Å². The van der Waals surface area contributed by atoms with Crippen LogP contribution in [-0.4, -0.2) is 105 Å². The average molecular weight is 839 g/mol. The highest BCUT2D eigenvalue weighted by Crippen LogP contribution is 2.34. The molecule has 10 N–H and O–H groups in total. The number of aryl methyl sites for hydroxylation is 2. The van der Waals surface area contributed by atoms with E-state index in [4.69, 9.17) is 34.9 Å². The lowest BCUT2D eigenvalue weighted by Crippen LogP contribution is -2.63. The molecule has 3 aromatic heterocycles. The molecule has 18 heteroatoms. The number of aliphatic carboxylic acids is 1. The summed E-state index contributed by atoms with van der Waals surface area (Å²) in [4.78, 5) is 52.7. The lowest BCUT2D eigenvalue weighted by Gasteiger charge is -2.41. The number of nitrogens with zero attached hydrogens (tertiary/aromatic N) is 2. The third-order valence-corrected chi connectivity index (χ3v) is 10.5. The number of rotatable bonds is 15. The zero-order valence-electron chi connectivity index (χ0n) is 33.3. The van der Waals surface area contributed by atoms with E-state index in [9.17, 15) is 34.8 Å². The molecule has 3 aromatic carbocycles. The standard InChI is InChI=1S/C43H46N6O12/c1-21-14-22(2)16-25(15-21)35-34-24(10-12-47-34)18-49(35)61-39-38(53)37(52)32(20-58-41(56)33(40(54)55)30(46-3)11-13-48-43(44)45)60-42(39)59-27-8-9-28-31(17-27)57-19-29(36(28)51)23-4-6-26(50)7-5-23/h4-10,12,14-19,30,32-33,37-39,42,46-47,50,52-53H,11,13,20H2,1-3H3,(H,54,55)(H4,44,45,48). The van der Waals surface area contributed by atoms with Gasteiger partial charge in [-0.15, -0.1) is 0 Å². The number of hydrogen-bond donors (Lipinski definition) is 8. The molecule has 1 fully saturated rings. The molecular weight excluding hydrogens is 793 g/mol. The van der Waals surface area contributed by atoms with E-state index in [1.165, 1.54) is 48.4 Å². The first kappa shape index (κ1) is 42.3. The van der Waals surface area contributed by atoms with E-state index in [1.807, 2.05) is 38.1 Å². The van der Waals surface area contributed by atoms with Crippen molar-refractivity contribution in [3.63, 3.8) is 0 Å². The molecule has 1 aliphatic rings. The van der Waals surface area contributed by atoms with Gasteiger partial charge in [0.2, 0.25) is 12.4 Å². The van der Waals surface area contributed by atoms with Crippen molar-refractivity contribution in [2.24, 2.45) is 22.4 Å². The molecule has 7 unspecified atom stereocenters. The Hall–Kier alpha value is -6.86. The summed E-state index contributed by atoms with van der Waals surface area (Å²) >= 11 is 0. The molecule has 7 rings (SSSR count). The Bertz CT molecular complexity index is 2610. The number of esters is 1. The number of aromatic amines is 1. The van der Waals surface area contributed by atoms with Crippen molar-refractivity contribution in [2.75, 3.05) is 20.2 Å². The molecule has 6 aromatic rings. The van der Waals surface area contributed by atoms with E-state index in [1.54, 1.807) is 24.5 Å². The van der Waals surface area contributed by atoms with E-state index >= 15 is 0 Å². The molecule has 0 spiro atoms. The molecule has 1 aliphatic heterocycles. The number of phenols is 1. The first-order valence-corrected chi connectivity index (χ1v) is 19.3. The quantitative estimate of drug-likeness (QED) is 0.0319. The fourth-order valence-electron chi connectivity index (χ4n) is 7.50. The van der Waals surface area contributed by atoms with E-state index in [0.29, 0.717) is 11.3 Å². The lowest BCUT2D eigenvalue weighted by atomic mass is 9.96. The van der Waals surface area contributed by atoms with Gasteiger partial charge >= 0.3 is 11.9 Å². The predicted octanol–water partition coefficient (Wildman–Crippen LogP) is 2.55. The first-order valence-electron chi connectivity index (χ1n) is 19.3. The number of ether oxygens (including phenoxy) is 3. The van der Waals surface area contributed by atoms with Gasteiger partial charge in [-0.05, 0) is 75.3 Å². The summed E-state index contributed by atoms with van der Waals surface area (Å²) in [5, 5.41) is 46.7. The number of aromatic nitrogens is 2. The number of aliphatic hydroxyl groups is 2. The van der Waals surface area contributed by atoms with Gasteiger partial charge in [0.05, 0.1) is 22.7 Å². The fourth-order valence-corrected chi connectivity index (χ4v) is 7.50. The van der Waals surface area contributed by atoms with Crippen molar-refractivity contribution < 1.29 is 53.5 Å². The summed E-state index contributed by atoms with van der Waals surface area (Å²) in [6.07, 6.45) is -3.03. The van der Waals surface area contributed by atoms with Crippen LogP contribution in [0.4, 0.5) is 0 Å². The van der Waals surface area contributed by atoms with E-state index < -0.39 is 61.2 Å². The minimum Gasteiger partial charge on any atom is -0.508 e. The number of carboxylic acid groups (broad SMARTS) is 1. The van der Waals surface area contributed by atoms with Crippen LogP contribution < -0.4 is 31.8 Å². The zero-order valence-corrected chi connectivity index (χ0v) is 33.3. The van der Waals surface area contributed by atoms with Crippen LogP contribution in [0.25, 0.3) is 44.3 Å². The normalized spacial score (nSPS) is 19.9. The highest BCUT2D eigenvalue weighted by Gasteiger charge is 2.49. The highest BCUT2D eigenvalue weighted by atomic mass is 16.8. The number of carbonyl (C=O) groups excluding carboxylic acids is 1. The van der Waals surface area contributed by atoms with Crippen molar-refractivity contribution >= 4 is 39.8 Å². The van der Waals surface area contributed by atoms with Gasteiger partial charge in [-0.25, -0.2) is 0 Å². The minimum absolute atomic E-state index is 0.0294. The Morgan fingerprint density at radius 2 is 1.74 bits per heavy atom. The van der Waals surface area contributed by atoms with Gasteiger partial charge in [-0.3, -0.25) is 19.4 Å². The second-order valence-corrected chi connectivity index (χ2v) is 14.8. The van der Waals surface area contributed by atoms with Crippen molar-refractivity contribution in [3.8, 4) is 33.9 Å². The van der Waals surface area contributed by atoms with Crippen molar-refractivity contribution in [1.29, 1.82) is 0 Å². The fraction of sp³-hybridized carbons (Fsp3) is 0.302. The van der Waals surface area contributed by atoms with E-state index in [-0.39, 0.29) is 52.4 Å². The van der Waals surface area contributed by atoms with Crippen LogP contribution in [0.1, 0.15) is 17.5 Å². The van der Waals surface area contributed by atoms with Gasteiger partial charge in [0, 0.05) is 35.8 Å². The molecule has 0 aliphatic carbocycles. The molecule has 0 saturated carbocycles. The van der Waals surface area contributed by atoms with Gasteiger partial charge in [-0.1, -0.05) is 29.3 Å². The van der Waals surface area contributed by atoms with Crippen molar-refractivity contribution in [3.05, 3.63) is 107 Å². The Morgan fingerprint density at radius 3 is 2.43 bits per heavy atom. The van der Waals surface area contributed by atoms with Gasteiger partial charge in [0.25, 0.3) is 0 Å². The Morgan fingerprint density at radius 1 is 1.00 bits per heavy atom. The largest absolute Gasteiger partial charge is 0.508 e. The summed E-state index contributed by atoms with van der Waals surface area (Å²) in [5.74, 6) is -4.36. The second kappa shape index (κ2) is 17.8. The Balaban J connectivity index is 1.20. The maximum absolute atomic E-state index is 13.5. The molecule has 0 bridgehead atoms. The number of aromatic hydroxyl groups is 1. The van der Waals surface area contributed by atoms with Crippen molar-refractivity contribution in [2.45, 2.75) is 57.0 Å². The molecule has 7 atom stereocenters. The van der Waals surface area contributed by atoms with Crippen LogP contribution in [-0.2, 0) is 19.1 Å². The maximum atomic E-state index is 13.5. The second-order valence-electron chi connectivity index (χ2n) is 14.8. The monoisotopic (exact) mass is 838 g/mol. The molecule has 320 valence electrons. The average Bonchev–Trinajstić information content (AvgIpc) is 3.81. The third kappa shape index (κ3) is 9.02. The molecule has 61 heavy (non-hydrogen) atoms. The number of nitrogens with one attached hydrogen (secondary N) is 2. The third-order valence-electron chi connectivity index (χ3n) is 10.5. The molecule has 0 radical (unpaired) electrons. The number of nitrogens with two attached hydrogens (primary N) is 2. The number of carboxylic acids is 1. The highest BCUT2D eigenvalue weighted by molar-refractivity contribution is 5.95. The number of hydrogen-bond acceptors (Lipinski definition) is 13. The summed E-state index contributed by atoms with van der Waals surface area (Å²) in [6, 6.07) is 17.4. The number of guanidine groups is 1. The van der Waals surface area contributed by atoms with Crippen LogP contribution in [0, 0.1) is 19.8 Å². The van der Waals surface area contributed by atoms with Crippen LogP contribution in [0.15, 0.2) is 99.6 Å². The molecule has 18 nitrogen and oxygen atoms in total. The number of phenolic OH excluding ortho intramolecular Hbond substituents is 1. The summed E-state index contributed by atoms with van der Waals surface area (Å²) < 4.78 is 25.3. The number of carbonyl (C=O) groups is 2. The number of aliphatic imine (C=N–C) groups is 1. The topological polar surface area (TPSA) is 279 Å². The molecule has 4 heterocycles. The van der Waals surface area contributed by atoms with Gasteiger partial charge in [0.15, 0.2) is 17.3 Å². The summed E-state index contributed by atoms with van der Waals surface area (Å²) in [5.41, 5.74) is 15.5. The number of fused-ring (bicyclic) bond motifs is 2. The number of benzene rings is 3. The van der Waals surface area contributed by atoms with Crippen LogP contribution >= 0.6 is 0 Å². The van der Waals surface area contributed by atoms with E-state index in [2.05, 4.69) is 15.3 Å². The van der Waals surface area contributed by atoms with Crippen LogP contribution in [0.3, 0.4) is 0 Å².